The third-order valence-electron chi connectivity index (χ3n) is 3.26. The van der Waals surface area contributed by atoms with Crippen molar-refractivity contribution in [3.05, 3.63) is 0 Å². The van der Waals surface area contributed by atoms with Crippen molar-refractivity contribution in [3.63, 3.8) is 0 Å². The predicted molar refractivity (Wildman–Crippen MR) is 52.5 cm³/mol. The van der Waals surface area contributed by atoms with E-state index in [0.717, 1.165) is 0 Å². The Morgan fingerprint density at radius 1 is 1.00 bits per heavy atom. The van der Waals surface area contributed by atoms with Crippen LogP contribution >= 0.6 is 0 Å². The molecule has 13 heavy (non-hydrogen) atoms. The van der Waals surface area contributed by atoms with Gasteiger partial charge in [0.25, 0.3) is 0 Å². The summed E-state index contributed by atoms with van der Waals surface area (Å²) in [5.74, 6) is 0. The van der Waals surface area contributed by atoms with E-state index in [0.29, 0.717) is 12.1 Å². The molecule has 0 saturated heterocycles. The summed E-state index contributed by atoms with van der Waals surface area (Å²) in [6.07, 6.45) is 9.44. The van der Waals surface area contributed by atoms with Crippen molar-refractivity contribution >= 4 is 0 Å². The lowest BCUT2D eigenvalue weighted by Crippen LogP contribution is -2.31. The van der Waals surface area contributed by atoms with Crippen LogP contribution in [0.1, 0.15) is 44.9 Å². The second-order valence-corrected chi connectivity index (χ2v) is 4.26. The third-order valence-corrected chi connectivity index (χ3v) is 3.26. The summed E-state index contributed by atoms with van der Waals surface area (Å²) in [6, 6.07) is 1.11. The highest BCUT2D eigenvalue weighted by Gasteiger charge is 2.29. The first kappa shape index (κ1) is 8.97. The van der Waals surface area contributed by atoms with Gasteiger partial charge in [0, 0.05) is 7.05 Å². The van der Waals surface area contributed by atoms with Gasteiger partial charge in [-0.25, -0.2) is 0 Å². The van der Waals surface area contributed by atoms with Crippen molar-refractivity contribution in [1.82, 2.24) is 5.01 Å². The van der Waals surface area contributed by atoms with Gasteiger partial charge in [0.2, 0.25) is 0 Å². The molecule has 1 heterocycles. The van der Waals surface area contributed by atoms with Crippen molar-refractivity contribution in [1.29, 1.82) is 0 Å². The summed E-state index contributed by atoms with van der Waals surface area (Å²) in [4.78, 5) is 0. The molecule has 0 bridgehead atoms. The summed E-state index contributed by atoms with van der Waals surface area (Å²) in [5.41, 5.74) is 0. The van der Waals surface area contributed by atoms with Crippen LogP contribution in [-0.4, -0.2) is 24.1 Å². The number of hydrogen-bond acceptors (Lipinski definition) is 3. The minimum Gasteiger partial charge on any atom is -0.277 e. The summed E-state index contributed by atoms with van der Waals surface area (Å²) in [5, 5.41) is 10.6. The molecule has 3 nitrogen and oxygen atoms in total. The maximum Gasteiger partial charge on any atom is 0.0949 e. The van der Waals surface area contributed by atoms with Crippen molar-refractivity contribution in [3.8, 4) is 0 Å². The molecule has 2 unspecified atom stereocenters. The highest BCUT2D eigenvalue weighted by Crippen LogP contribution is 2.27. The van der Waals surface area contributed by atoms with Crippen LogP contribution in [0, 0.1) is 0 Å². The highest BCUT2D eigenvalue weighted by molar-refractivity contribution is 4.85. The third kappa shape index (κ3) is 2.01. The van der Waals surface area contributed by atoms with Gasteiger partial charge in [-0.2, -0.15) is 5.11 Å². The van der Waals surface area contributed by atoms with E-state index in [1.54, 1.807) is 0 Å². The largest absolute Gasteiger partial charge is 0.277 e. The Bertz CT molecular complexity index is 191. The van der Waals surface area contributed by atoms with Gasteiger partial charge in [-0.15, -0.1) is 0 Å². The number of nitrogens with zero attached hydrogens (tertiary/aromatic N) is 3. The summed E-state index contributed by atoms with van der Waals surface area (Å²) < 4.78 is 0. The van der Waals surface area contributed by atoms with E-state index in [4.69, 9.17) is 0 Å². The highest BCUT2D eigenvalue weighted by atomic mass is 15.6. The minimum atomic E-state index is 0.503. The maximum absolute atomic E-state index is 4.33. The van der Waals surface area contributed by atoms with Crippen LogP contribution in [0.25, 0.3) is 0 Å². The standard InChI is InChI=1S/C10H19N3/c1-13-10-8-6-4-2-3-5-7-9(10)11-12-13/h9-10H,2-8H2,1H3. The Labute approximate surface area is 80.2 Å². The Morgan fingerprint density at radius 2 is 1.69 bits per heavy atom. The van der Waals surface area contributed by atoms with Gasteiger partial charge < -0.3 is 0 Å². The molecule has 2 aliphatic rings. The maximum atomic E-state index is 4.33. The van der Waals surface area contributed by atoms with Crippen LogP contribution in [0.3, 0.4) is 0 Å². The van der Waals surface area contributed by atoms with Crippen LogP contribution in [0.4, 0.5) is 0 Å². The molecule has 2 rings (SSSR count). The van der Waals surface area contributed by atoms with Crippen LogP contribution < -0.4 is 0 Å². The van der Waals surface area contributed by atoms with E-state index in [1.807, 2.05) is 0 Å². The van der Waals surface area contributed by atoms with Crippen LogP contribution in [-0.2, 0) is 0 Å². The number of likely N-dealkylation sites (N-methyl/N-ethyl adjacent to an activating group) is 1. The van der Waals surface area contributed by atoms with Crippen LogP contribution in [0.15, 0.2) is 10.3 Å². The van der Waals surface area contributed by atoms with Gasteiger partial charge in [0.15, 0.2) is 0 Å². The zero-order valence-electron chi connectivity index (χ0n) is 8.45. The van der Waals surface area contributed by atoms with E-state index < -0.39 is 0 Å². The van der Waals surface area contributed by atoms with Gasteiger partial charge in [-0.1, -0.05) is 37.3 Å². The van der Waals surface area contributed by atoms with E-state index in [-0.39, 0.29) is 0 Å². The Kier molecular flexibility index (Phi) is 2.81. The SMILES string of the molecule is CN1N=NC2CCCCCCCC21. The van der Waals surface area contributed by atoms with Crippen molar-refractivity contribution in [2.24, 2.45) is 10.3 Å². The van der Waals surface area contributed by atoms with Crippen molar-refractivity contribution in [2.75, 3.05) is 7.05 Å². The molecule has 0 radical (unpaired) electrons. The normalized spacial score (nSPS) is 35.0. The number of fused-ring (bicyclic) bond motifs is 1. The van der Waals surface area contributed by atoms with E-state index >= 15 is 0 Å². The summed E-state index contributed by atoms with van der Waals surface area (Å²) >= 11 is 0. The van der Waals surface area contributed by atoms with Gasteiger partial charge in [0.1, 0.15) is 0 Å². The van der Waals surface area contributed by atoms with Gasteiger partial charge in [0.05, 0.1) is 12.1 Å². The molecule has 1 aliphatic carbocycles. The van der Waals surface area contributed by atoms with E-state index in [2.05, 4.69) is 22.4 Å². The molecule has 0 aromatic carbocycles. The minimum absolute atomic E-state index is 0.503. The molecule has 2 atom stereocenters. The van der Waals surface area contributed by atoms with Crippen molar-refractivity contribution in [2.45, 2.75) is 57.0 Å². The monoisotopic (exact) mass is 181 g/mol. The fraction of sp³-hybridized carbons (Fsp3) is 1.00. The topological polar surface area (TPSA) is 28.0 Å². The second kappa shape index (κ2) is 4.07. The fourth-order valence-corrected chi connectivity index (χ4v) is 2.41. The molecule has 1 fully saturated rings. The molecule has 0 aromatic rings. The van der Waals surface area contributed by atoms with Crippen LogP contribution in [0.2, 0.25) is 0 Å². The molecular weight excluding hydrogens is 162 g/mol. The van der Waals surface area contributed by atoms with E-state index in [9.17, 15) is 0 Å². The first-order chi connectivity index (χ1) is 6.38. The average molecular weight is 181 g/mol. The van der Waals surface area contributed by atoms with Crippen molar-refractivity contribution < 1.29 is 0 Å². The molecule has 74 valence electrons. The van der Waals surface area contributed by atoms with Gasteiger partial charge >= 0.3 is 0 Å². The Balaban J connectivity index is 1.96. The Morgan fingerprint density at radius 3 is 2.54 bits per heavy atom. The lowest BCUT2D eigenvalue weighted by Gasteiger charge is -2.21. The molecule has 0 N–H and O–H groups in total. The van der Waals surface area contributed by atoms with Gasteiger partial charge in [-0.3, -0.25) is 5.01 Å². The molecule has 1 saturated carbocycles. The second-order valence-electron chi connectivity index (χ2n) is 4.26. The number of hydrogen-bond donors (Lipinski definition) is 0. The average Bonchev–Trinajstić information content (AvgIpc) is 2.51. The molecule has 3 heteroatoms. The summed E-state index contributed by atoms with van der Waals surface area (Å²) in [7, 11) is 2.06. The fourth-order valence-electron chi connectivity index (χ4n) is 2.41. The lowest BCUT2D eigenvalue weighted by atomic mass is 10.0. The van der Waals surface area contributed by atoms with E-state index in [1.165, 1.54) is 44.9 Å². The molecule has 0 spiro atoms. The lowest BCUT2D eigenvalue weighted by molar-refractivity contribution is 0.248. The zero-order valence-corrected chi connectivity index (χ0v) is 8.45. The smallest absolute Gasteiger partial charge is 0.0949 e. The quantitative estimate of drug-likeness (QED) is 0.564. The predicted octanol–water partition coefficient (Wildman–Crippen LogP) is 2.78. The first-order valence-corrected chi connectivity index (χ1v) is 5.51. The first-order valence-electron chi connectivity index (χ1n) is 5.51. The number of rotatable bonds is 0. The molecule has 0 amide bonds. The molecule has 1 aliphatic heterocycles. The Hall–Kier alpha value is -0.600. The summed E-state index contributed by atoms with van der Waals surface area (Å²) in [6.45, 7) is 0. The zero-order chi connectivity index (χ0) is 9.10. The van der Waals surface area contributed by atoms with Gasteiger partial charge in [-0.05, 0) is 12.8 Å². The molecule has 0 aromatic heterocycles. The van der Waals surface area contributed by atoms with Crippen LogP contribution in [0.5, 0.6) is 0 Å². The molecular formula is C10H19N3.